The lowest BCUT2D eigenvalue weighted by molar-refractivity contribution is -0.297. The Morgan fingerprint density at radius 1 is 1.32 bits per heavy atom. The molecule has 2 aromatic rings. The molecule has 0 saturated heterocycles. The Hall–Kier alpha value is -2.81. The summed E-state index contributed by atoms with van der Waals surface area (Å²) < 4.78 is 50.1. The Kier molecular flexibility index (Phi) is 4.03. The van der Waals surface area contributed by atoms with Crippen molar-refractivity contribution in [2.45, 2.75) is 18.3 Å². The van der Waals surface area contributed by atoms with E-state index in [0.29, 0.717) is 11.3 Å². The minimum Gasteiger partial charge on any atom is -0.497 e. The lowest BCUT2D eigenvalue weighted by Gasteiger charge is -2.31. The van der Waals surface area contributed by atoms with Crippen molar-refractivity contribution in [1.29, 1.82) is 0 Å². The zero-order chi connectivity index (χ0) is 18.2. The van der Waals surface area contributed by atoms with Crippen LogP contribution in [0.25, 0.3) is 0 Å². The van der Waals surface area contributed by atoms with E-state index in [4.69, 9.17) is 9.15 Å². The summed E-state index contributed by atoms with van der Waals surface area (Å²) in [6.45, 7) is 0. The summed E-state index contributed by atoms with van der Waals surface area (Å²) in [6.07, 6.45) is -4.85. The maximum Gasteiger partial charge on any atom is 0.438 e. The number of hydrogen-bond donors (Lipinski definition) is 1. The summed E-state index contributed by atoms with van der Waals surface area (Å²) in [5, 5.41) is 13.9. The van der Waals surface area contributed by atoms with E-state index in [1.54, 1.807) is 12.1 Å². The van der Waals surface area contributed by atoms with Gasteiger partial charge in [-0.1, -0.05) is 0 Å². The number of hydrogen-bond acceptors (Lipinski definition) is 5. The lowest BCUT2D eigenvalue weighted by Crippen LogP contribution is -2.56. The third kappa shape index (κ3) is 2.86. The molecule has 3 rings (SSSR count). The third-order valence-corrected chi connectivity index (χ3v) is 3.79. The number of nitrogens with zero attached hydrogens (tertiary/aromatic N) is 2. The fraction of sp³-hybridized carbons (Fsp3) is 0.250. The predicted octanol–water partition coefficient (Wildman–Crippen LogP) is 2.79. The Labute approximate surface area is 140 Å². The van der Waals surface area contributed by atoms with Crippen molar-refractivity contribution in [2.75, 3.05) is 7.11 Å². The van der Waals surface area contributed by atoms with E-state index in [-0.39, 0.29) is 16.5 Å². The van der Waals surface area contributed by atoms with Crippen molar-refractivity contribution < 1.29 is 32.2 Å². The number of rotatable bonds is 3. The molecule has 0 bridgehead atoms. The average Bonchev–Trinajstić information content (AvgIpc) is 3.22. The molecule has 1 atom stereocenters. The Morgan fingerprint density at radius 3 is 2.52 bits per heavy atom. The second-order valence-corrected chi connectivity index (χ2v) is 5.36. The van der Waals surface area contributed by atoms with Gasteiger partial charge in [0.1, 0.15) is 5.75 Å². The topological polar surface area (TPSA) is 75.3 Å². The molecule has 1 aliphatic heterocycles. The number of carbonyl (C=O) groups excluding carboxylic acids is 1. The maximum absolute atomic E-state index is 13.4. The van der Waals surface area contributed by atoms with E-state index in [9.17, 15) is 23.1 Å². The number of hydrazone groups is 1. The second kappa shape index (κ2) is 5.92. The summed E-state index contributed by atoms with van der Waals surface area (Å²) in [5.74, 6) is -1.03. The molecule has 25 heavy (non-hydrogen) atoms. The summed E-state index contributed by atoms with van der Waals surface area (Å²) >= 11 is 0. The van der Waals surface area contributed by atoms with E-state index < -0.39 is 24.2 Å². The smallest absolute Gasteiger partial charge is 0.438 e. The largest absolute Gasteiger partial charge is 0.497 e. The van der Waals surface area contributed by atoms with Crippen LogP contribution in [-0.2, 0) is 0 Å². The summed E-state index contributed by atoms with van der Waals surface area (Å²) in [4.78, 5) is 12.3. The predicted molar refractivity (Wildman–Crippen MR) is 80.0 cm³/mol. The van der Waals surface area contributed by atoms with Gasteiger partial charge in [0, 0.05) is 0 Å². The monoisotopic (exact) mass is 354 g/mol. The molecule has 0 spiro atoms. The number of methoxy groups -OCH3 is 1. The molecule has 2 heterocycles. The standard InChI is InChI=1S/C16H13F3N2O4/c1-24-11-6-4-10(5-7-11)12-9-15(23,16(17,18)19)21(20-12)14(22)13-3-2-8-25-13/h2-8,23H,9H2,1H3/t15-/m0/s1. The molecule has 0 unspecified atom stereocenters. The number of alkyl halides is 3. The number of ether oxygens (including phenoxy) is 1. The van der Waals surface area contributed by atoms with Gasteiger partial charge in [0.15, 0.2) is 5.76 Å². The zero-order valence-corrected chi connectivity index (χ0v) is 12.9. The Bertz CT molecular complexity index is 800. The van der Waals surface area contributed by atoms with Crippen molar-refractivity contribution in [3.8, 4) is 5.75 Å². The Balaban J connectivity index is 2.01. The highest BCUT2D eigenvalue weighted by Crippen LogP contribution is 2.42. The molecule has 1 aromatic carbocycles. The van der Waals surface area contributed by atoms with Crippen LogP contribution >= 0.6 is 0 Å². The van der Waals surface area contributed by atoms with E-state index in [0.717, 1.165) is 6.26 Å². The van der Waals surface area contributed by atoms with Crippen LogP contribution in [0.2, 0.25) is 0 Å². The molecule has 0 fully saturated rings. The number of furan rings is 1. The quantitative estimate of drug-likeness (QED) is 0.920. The van der Waals surface area contributed by atoms with E-state index in [1.165, 1.54) is 31.4 Å². The molecule has 9 heteroatoms. The minimum atomic E-state index is -5.10. The van der Waals surface area contributed by atoms with Crippen LogP contribution < -0.4 is 4.74 Å². The molecular formula is C16H13F3N2O4. The fourth-order valence-electron chi connectivity index (χ4n) is 2.43. The van der Waals surface area contributed by atoms with Gasteiger partial charge in [-0.2, -0.15) is 23.3 Å². The molecule has 1 aliphatic rings. The van der Waals surface area contributed by atoms with Crippen molar-refractivity contribution in [1.82, 2.24) is 5.01 Å². The van der Waals surface area contributed by atoms with Gasteiger partial charge in [0.25, 0.3) is 5.72 Å². The normalized spacial score (nSPS) is 20.5. The van der Waals surface area contributed by atoms with Crippen molar-refractivity contribution in [2.24, 2.45) is 5.10 Å². The zero-order valence-electron chi connectivity index (χ0n) is 12.9. The van der Waals surface area contributed by atoms with Crippen molar-refractivity contribution in [3.63, 3.8) is 0 Å². The highest BCUT2D eigenvalue weighted by Gasteiger charge is 2.63. The van der Waals surface area contributed by atoms with Crippen molar-refractivity contribution >= 4 is 11.6 Å². The van der Waals surface area contributed by atoms with E-state index in [1.807, 2.05) is 0 Å². The molecular weight excluding hydrogens is 341 g/mol. The van der Waals surface area contributed by atoms with Gasteiger partial charge in [-0.3, -0.25) is 4.79 Å². The van der Waals surface area contributed by atoms with Crippen LogP contribution in [0.3, 0.4) is 0 Å². The minimum absolute atomic E-state index is 0.0192. The molecule has 0 aliphatic carbocycles. The highest BCUT2D eigenvalue weighted by atomic mass is 19.4. The maximum atomic E-state index is 13.4. The van der Waals surface area contributed by atoms with Crippen LogP contribution in [0.15, 0.2) is 52.2 Å². The summed E-state index contributed by atoms with van der Waals surface area (Å²) in [5.41, 5.74) is -3.20. The van der Waals surface area contributed by atoms with Gasteiger partial charge in [0.2, 0.25) is 0 Å². The number of halogens is 3. The molecule has 0 saturated carbocycles. The van der Waals surface area contributed by atoms with Crippen LogP contribution in [0.5, 0.6) is 5.75 Å². The fourth-order valence-corrected chi connectivity index (χ4v) is 2.43. The Morgan fingerprint density at radius 2 is 2.00 bits per heavy atom. The van der Waals surface area contributed by atoms with Crippen LogP contribution in [0.1, 0.15) is 22.5 Å². The molecule has 1 aromatic heterocycles. The first-order chi connectivity index (χ1) is 11.8. The van der Waals surface area contributed by atoms with Crippen LogP contribution in [0.4, 0.5) is 13.2 Å². The van der Waals surface area contributed by atoms with Gasteiger partial charge in [0.05, 0.1) is 25.5 Å². The van der Waals surface area contributed by atoms with Gasteiger partial charge < -0.3 is 14.3 Å². The van der Waals surface area contributed by atoms with E-state index in [2.05, 4.69) is 5.10 Å². The second-order valence-electron chi connectivity index (χ2n) is 5.36. The molecule has 1 N–H and O–H groups in total. The summed E-state index contributed by atoms with van der Waals surface area (Å²) in [6, 6.07) is 8.62. The molecule has 0 radical (unpaired) electrons. The highest BCUT2D eigenvalue weighted by molar-refractivity contribution is 6.05. The SMILES string of the molecule is COc1ccc(C2=NN(C(=O)c3ccco3)[C@@](O)(C(F)(F)F)C2)cc1. The number of benzene rings is 1. The van der Waals surface area contributed by atoms with Crippen LogP contribution in [-0.4, -0.2) is 40.7 Å². The van der Waals surface area contributed by atoms with Gasteiger partial charge in [-0.05, 0) is 42.0 Å². The number of aliphatic hydroxyl groups is 1. The number of carbonyl (C=O) groups is 1. The number of amides is 1. The average molecular weight is 354 g/mol. The molecule has 132 valence electrons. The van der Waals surface area contributed by atoms with Crippen molar-refractivity contribution in [3.05, 3.63) is 54.0 Å². The molecule has 6 nitrogen and oxygen atoms in total. The molecule has 1 amide bonds. The third-order valence-electron chi connectivity index (χ3n) is 3.79. The van der Waals surface area contributed by atoms with Gasteiger partial charge >= 0.3 is 12.1 Å². The first-order valence-electron chi connectivity index (χ1n) is 7.15. The van der Waals surface area contributed by atoms with Gasteiger partial charge in [-0.25, -0.2) is 0 Å². The first-order valence-corrected chi connectivity index (χ1v) is 7.15. The first kappa shape index (κ1) is 17.0. The van der Waals surface area contributed by atoms with E-state index >= 15 is 0 Å². The lowest BCUT2D eigenvalue weighted by atomic mass is 10.0. The summed E-state index contributed by atoms with van der Waals surface area (Å²) in [7, 11) is 1.45. The van der Waals surface area contributed by atoms with Gasteiger partial charge in [-0.15, -0.1) is 0 Å². The van der Waals surface area contributed by atoms with Crippen LogP contribution in [0, 0.1) is 0 Å².